The molecule has 0 aliphatic heterocycles. The largest absolute Gasteiger partial charge is 0.481 e. The first-order chi connectivity index (χ1) is 7.94. The molecule has 48 valence electrons. The molecule has 0 aromatic rings. The molecular formula is C6H12O2. The van der Waals surface area contributed by atoms with Crippen LogP contribution in [0.3, 0.4) is 0 Å². The van der Waals surface area contributed by atoms with E-state index in [0.29, 0.717) is 0 Å². The van der Waals surface area contributed by atoms with Crippen LogP contribution in [0.1, 0.15) is 41.5 Å². The summed E-state index contributed by atoms with van der Waals surface area (Å²) in [5.41, 5.74) is 0. The zero-order chi connectivity index (χ0) is 16.1. The first kappa shape index (κ1) is 1.02. The second-order valence-electron chi connectivity index (χ2n) is 0.930. The summed E-state index contributed by atoms with van der Waals surface area (Å²) in [6, 6.07) is 0. The number of rotatable bonds is 3. The van der Waals surface area contributed by atoms with Gasteiger partial charge in [0.05, 0.1) is 0 Å². The van der Waals surface area contributed by atoms with E-state index in [1.807, 2.05) is 0 Å². The molecule has 1 atom stereocenters. The van der Waals surface area contributed by atoms with Crippen molar-refractivity contribution in [2.45, 2.75) is 26.4 Å². The van der Waals surface area contributed by atoms with Crippen molar-refractivity contribution in [1.29, 1.82) is 0 Å². The molecular weight excluding hydrogens is 104 g/mol. The summed E-state index contributed by atoms with van der Waals surface area (Å²) >= 11 is 0. The molecule has 0 radical (unpaired) electrons. The van der Waals surface area contributed by atoms with Crippen LogP contribution in [0.25, 0.3) is 0 Å². The van der Waals surface area contributed by atoms with Gasteiger partial charge in [-0.2, -0.15) is 0 Å². The third-order valence-electron chi connectivity index (χ3n) is 0.357. The number of aliphatic carboxylic acids is 1. The van der Waals surface area contributed by atoms with E-state index >= 15 is 0 Å². The number of carboxylic acid groups (broad SMARTS) is 1. The zero-order valence-electron chi connectivity index (χ0n) is 14.9. The first-order valence-corrected chi connectivity index (χ1v) is 1.68. The van der Waals surface area contributed by atoms with Gasteiger partial charge in [0.15, 0.2) is 0 Å². The molecule has 0 amide bonds. The van der Waals surface area contributed by atoms with Crippen molar-refractivity contribution in [1.82, 2.24) is 0 Å². The van der Waals surface area contributed by atoms with E-state index in [4.69, 9.17) is 20.2 Å². The highest BCUT2D eigenvalue weighted by molar-refractivity contribution is 5.66. The maximum Gasteiger partial charge on any atom is 0.303 e. The maximum atomic E-state index is 10.8. The lowest BCUT2D eigenvalue weighted by Gasteiger charge is -2.00. The van der Waals surface area contributed by atoms with E-state index < -0.39 is 38.3 Å². The molecule has 0 bridgehead atoms. The van der Waals surface area contributed by atoms with Gasteiger partial charge in [-0.15, -0.1) is 0 Å². The fraction of sp³-hybridized carbons (Fsp3) is 0.833. The van der Waals surface area contributed by atoms with Crippen LogP contribution < -0.4 is 0 Å². The average Bonchev–Trinajstić information content (AvgIpc) is 2.11. The summed E-state index contributed by atoms with van der Waals surface area (Å²) in [5, 5.41) is 8.67. The third-order valence-corrected chi connectivity index (χ3v) is 0.357. The van der Waals surface area contributed by atoms with Crippen molar-refractivity contribution in [2.24, 2.45) is 5.89 Å². The van der Waals surface area contributed by atoms with Crippen LogP contribution in [0.4, 0.5) is 0 Å². The molecule has 0 rings (SSSR count). The van der Waals surface area contributed by atoms with Gasteiger partial charge in [-0.05, 0) is 5.89 Å². The number of hydrogen-bond donors (Lipinski definition) is 1. The van der Waals surface area contributed by atoms with E-state index in [2.05, 4.69) is 0 Å². The predicted molar refractivity (Wildman–Crippen MR) is 31.7 cm³/mol. The Morgan fingerprint density at radius 1 is 2.25 bits per heavy atom. The molecule has 1 N–H and O–H groups in total. The Bertz CT molecular complexity index is 366. The topological polar surface area (TPSA) is 37.3 Å². The second-order valence-corrected chi connectivity index (χ2v) is 0.930. The van der Waals surface area contributed by atoms with Crippen molar-refractivity contribution in [3.63, 3.8) is 0 Å². The van der Waals surface area contributed by atoms with Crippen LogP contribution in [0.5, 0.6) is 0 Å². The normalized spacial score (nSPS) is 44.2. The summed E-state index contributed by atoms with van der Waals surface area (Å²) in [6.07, 6.45) is -7.84. The predicted octanol–water partition coefficient (Wildman–Crippen LogP) is 1.51. The molecule has 0 aromatic heterocycles. The zero-order valence-corrected chi connectivity index (χ0v) is 3.86. The van der Waals surface area contributed by atoms with E-state index in [-0.39, 0.29) is 0 Å². The van der Waals surface area contributed by atoms with Crippen molar-refractivity contribution < 1.29 is 25.0 Å². The smallest absolute Gasteiger partial charge is 0.303 e. The first-order valence-electron chi connectivity index (χ1n) is 7.18. The minimum absolute atomic E-state index is 2.42. The summed E-state index contributed by atoms with van der Waals surface area (Å²) < 4.78 is 78.2. The van der Waals surface area contributed by atoms with Crippen LogP contribution in [-0.2, 0) is 4.79 Å². The van der Waals surface area contributed by atoms with Crippen LogP contribution in [0.15, 0.2) is 0 Å². The van der Waals surface area contributed by atoms with Crippen molar-refractivity contribution in [3.8, 4) is 0 Å². The Morgan fingerprint density at radius 2 is 3.00 bits per heavy atom. The Hall–Kier alpha value is -0.530. The SMILES string of the molecule is [2H]C([2H])([2H])C([2H])([2H])C([2H])(C([2H])([2H])[2H])C([2H])([2H])C(=O)O. The van der Waals surface area contributed by atoms with Crippen LogP contribution in [-0.4, -0.2) is 11.1 Å². The van der Waals surface area contributed by atoms with Gasteiger partial charge in [-0.3, -0.25) is 4.79 Å². The molecule has 0 aliphatic rings. The molecule has 0 aromatic carbocycles. The lowest BCUT2D eigenvalue weighted by atomic mass is 10.1. The Balaban J connectivity index is 6.38. The lowest BCUT2D eigenvalue weighted by molar-refractivity contribution is -0.137. The van der Waals surface area contributed by atoms with Crippen LogP contribution in [0, 0.1) is 5.89 Å². The number of carboxylic acids is 1. The van der Waals surface area contributed by atoms with Crippen molar-refractivity contribution in [3.05, 3.63) is 0 Å². The number of carbonyl (C=O) groups is 1. The maximum absolute atomic E-state index is 10.8. The molecule has 0 spiro atoms. The molecule has 2 nitrogen and oxygen atoms in total. The molecule has 0 aliphatic carbocycles. The standard InChI is InChI=1S/C6H12O2/c1-3-5(2)4-6(7)8/h5H,3-4H2,1-2H3,(H,7,8)/i1D3,2D3,3D2,4D2,5D. The third kappa shape index (κ3) is 3.65. The van der Waals surface area contributed by atoms with Gasteiger partial charge in [0.25, 0.3) is 0 Å². The fourth-order valence-electron chi connectivity index (χ4n) is 0.138. The quantitative estimate of drug-likeness (QED) is 0.624. The highest BCUT2D eigenvalue weighted by atomic mass is 16.4. The molecule has 2 heteroatoms. The van der Waals surface area contributed by atoms with E-state index in [1.54, 1.807) is 0 Å². The fourth-order valence-corrected chi connectivity index (χ4v) is 0.138. The van der Waals surface area contributed by atoms with Gasteiger partial charge >= 0.3 is 5.97 Å². The lowest BCUT2D eigenvalue weighted by Crippen LogP contribution is -2.02. The Labute approximate surface area is 65.0 Å². The van der Waals surface area contributed by atoms with Gasteiger partial charge in [0.1, 0.15) is 0 Å². The van der Waals surface area contributed by atoms with E-state index in [1.165, 1.54) is 0 Å². The minimum atomic E-state index is -4.01. The average molecular weight is 127 g/mol. The van der Waals surface area contributed by atoms with Crippen LogP contribution >= 0.6 is 0 Å². The van der Waals surface area contributed by atoms with Crippen molar-refractivity contribution >= 4 is 5.97 Å². The van der Waals surface area contributed by atoms with E-state index in [0.717, 1.165) is 0 Å². The summed E-state index contributed by atoms with van der Waals surface area (Å²) in [4.78, 5) is 10.8. The Morgan fingerprint density at radius 3 is 3.38 bits per heavy atom. The molecule has 8 heavy (non-hydrogen) atoms. The van der Waals surface area contributed by atoms with Crippen LogP contribution in [0.2, 0.25) is 0 Å². The molecule has 0 fully saturated rings. The summed E-state index contributed by atoms with van der Waals surface area (Å²) in [5.74, 6) is -6.43. The van der Waals surface area contributed by atoms with Crippen molar-refractivity contribution in [2.75, 3.05) is 0 Å². The van der Waals surface area contributed by atoms with E-state index in [9.17, 15) is 4.79 Å². The van der Waals surface area contributed by atoms with Gasteiger partial charge in [-0.25, -0.2) is 0 Å². The molecule has 0 heterocycles. The highest BCUT2D eigenvalue weighted by Gasteiger charge is 2.02. The summed E-state index contributed by atoms with van der Waals surface area (Å²) in [7, 11) is 0. The van der Waals surface area contributed by atoms with Gasteiger partial charge in [0, 0.05) is 21.5 Å². The van der Waals surface area contributed by atoms with Gasteiger partial charge in [0.2, 0.25) is 0 Å². The summed E-state index contributed by atoms with van der Waals surface area (Å²) in [6.45, 7) is -7.50. The Kier molecular flexibility index (Phi) is 0.444. The highest BCUT2D eigenvalue weighted by Crippen LogP contribution is 2.04. The number of hydrogen-bond acceptors (Lipinski definition) is 1. The minimum Gasteiger partial charge on any atom is -0.481 e. The molecule has 0 saturated heterocycles. The molecule has 1 unspecified atom stereocenters. The van der Waals surface area contributed by atoms with Gasteiger partial charge < -0.3 is 5.11 Å². The molecule has 0 saturated carbocycles. The van der Waals surface area contributed by atoms with Gasteiger partial charge in [-0.1, -0.05) is 20.1 Å². The second kappa shape index (κ2) is 3.47. The monoisotopic (exact) mass is 127 g/mol.